The average molecular weight is 293 g/mol. The Morgan fingerprint density at radius 2 is 2.19 bits per heavy atom. The first-order chi connectivity index (χ1) is 10.1. The Morgan fingerprint density at radius 1 is 1.43 bits per heavy atom. The number of likely N-dealkylation sites (tertiary alicyclic amines) is 1. The Bertz CT molecular complexity index is 497. The molecule has 0 bridgehead atoms. The van der Waals surface area contributed by atoms with Crippen LogP contribution < -0.4 is 5.73 Å². The first kappa shape index (κ1) is 14.3. The molecule has 2 atom stereocenters. The number of carbonyl (C=O) groups excluding carboxylic acids is 1. The van der Waals surface area contributed by atoms with Crippen LogP contribution in [0.25, 0.3) is 0 Å². The fraction of sp³-hybridized carbons (Fsp3) is 0.714. The third-order valence-electron chi connectivity index (χ3n) is 4.51. The maximum atomic E-state index is 11.7. The highest BCUT2D eigenvalue weighted by Crippen LogP contribution is 2.26. The standard InChI is InChI=1S/C14H23N5O2/c1-17-10-11(9-16-17)8-13-12(2-3-19(13)14(15)20)18-4-6-21-7-5-18/h9-10,12-13H,2-8H2,1H3,(H2,15,20)/t12-,13+/m1/s1. The summed E-state index contributed by atoms with van der Waals surface area (Å²) in [7, 11) is 1.91. The van der Waals surface area contributed by atoms with Crippen LogP contribution in [0.1, 0.15) is 12.0 Å². The van der Waals surface area contributed by atoms with Gasteiger partial charge in [0.05, 0.1) is 25.5 Å². The fourth-order valence-corrected chi connectivity index (χ4v) is 3.51. The van der Waals surface area contributed by atoms with Crippen molar-refractivity contribution in [1.82, 2.24) is 19.6 Å². The van der Waals surface area contributed by atoms with Crippen molar-refractivity contribution >= 4 is 6.03 Å². The largest absolute Gasteiger partial charge is 0.379 e. The first-order valence-electron chi connectivity index (χ1n) is 7.50. The van der Waals surface area contributed by atoms with E-state index in [4.69, 9.17) is 10.5 Å². The Labute approximate surface area is 124 Å². The molecule has 2 N–H and O–H groups in total. The van der Waals surface area contributed by atoms with Crippen LogP contribution in [0.15, 0.2) is 12.4 Å². The Balaban J connectivity index is 1.76. The molecule has 21 heavy (non-hydrogen) atoms. The quantitative estimate of drug-likeness (QED) is 0.838. The van der Waals surface area contributed by atoms with E-state index in [2.05, 4.69) is 10.00 Å². The number of rotatable bonds is 3. The third kappa shape index (κ3) is 3.03. The number of aromatic nitrogens is 2. The number of carbonyl (C=O) groups is 1. The van der Waals surface area contributed by atoms with Crippen molar-refractivity contribution in [1.29, 1.82) is 0 Å². The van der Waals surface area contributed by atoms with E-state index in [9.17, 15) is 4.79 Å². The van der Waals surface area contributed by atoms with Gasteiger partial charge in [0.2, 0.25) is 0 Å². The van der Waals surface area contributed by atoms with Crippen LogP contribution in [0.3, 0.4) is 0 Å². The van der Waals surface area contributed by atoms with Gasteiger partial charge < -0.3 is 15.4 Å². The molecule has 2 aliphatic rings. The minimum absolute atomic E-state index is 0.129. The number of urea groups is 1. The van der Waals surface area contributed by atoms with Crippen LogP contribution in [0.5, 0.6) is 0 Å². The van der Waals surface area contributed by atoms with Gasteiger partial charge in [-0.1, -0.05) is 0 Å². The molecule has 0 saturated carbocycles. The molecule has 7 heteroatoms. The predicted molar refractivity (Wildman–Crippen MR) is 77.8 cm³/mol. The Hall–Kier alpha value is -1.60. The Kier molecular flexibility index (Phi) is 4.12. The first-order valence-corrected chi connectivity index (χ1v) is 7.50. The molecule has 0 aliphatic carbocycles. The zero-order valence-electron chi connectivity index (χ0n) is 12.4. The van der Waals surface area contributed by atoms with Gasteiger partial charge in [-0.05, 0) is 18.4 Å². The number of nitrogens with two attached hydrogens (primary N) is 1. The lowest BCUT2D eigenvalue weighted by atomic mass is 10.0. The van der Waals surface area contributed by atoms with Crippen molar-refractivity contribution in [3.05, 3.63) is 18.0 Å². The average Bonchev–Trinajstić information content (AvgIpc) is 3.07. The Morgan fingerprint density at radius 3 is 2.81 bits per heavy atom. The molecule has 2 amide bonds. The van der Waals surface area contributed by atoms with Crippen molar-refractivity contribution in [2.24, 2.45) is 12.8 Å². The molecule has 7 nitrogen and oxygen atoms in total. The summed E-state index contributed by atoms with van der Waals surface area (Å²) in [6.07, 6.45) is 5.66. The summed E-state index contributed by atoms with van der Waals surface area (Å²) in [5, 5.41) is 4.21. The van der Waals surface area contributed by atoms with E-state index in [-0.39, 0.29) is 12.1 Å². The van der Waals surface area contributed by atoms with Crippen molar-refractivity contribution in [2.75, 3.05) is 32.8 Å². The number of hydrogen-bond acceptors (Lipinski definition) is 4. The third-order valence-corrected chi connectivity index (χ3v) is 4.51. The molecule has 1 aromatic heterocycles. The zero-order valence-corrected chi connectivity index (χ0v) is 12.4. The van der Waals surface area contributed by atoms with Crippen molar-refractivity contribution in [2.45, 2.75) is 24.9 Å². The number of nitrogens with zero attached hydrogens (tertiary/aromatic N) is 4. The molecule has 2 aliphatic heterocycles. The fourth-order valence-electron chi connectivity index (χ4n) is 3.51. The monoisotopic (exact) mass is 293 g/mol. The minimum atomic E-state index is -0.320. The number of primary amides is 1. The van der Waals surface area contributed by atoms with Gasteiger partial charge in [0.1, 0.15) is 0 Å². The van der Waals surface area contributed by atoms with Crippen LogP contribution in [0.2, 0.25) is 0 Å². The van der Waals surface area contributed by atoms with E-state index in [1.165, 1.54) is 0 Å². The van der Waals surface area contributed by atoms with E-state index in [0.29, 0.717) is 6.04 Å². The number of ether oxygens (including phenoxy) is 1. The van der Waals surface area contributed by atoms with E-state index >= 15 is 0 Å². The van der Waals surface area contributed by atoms with Gasteiger partial charge in [0.15, 0.2) is 0 Å². The van der Waals surface area contributed by atoms with Crippen molar-refractivity contribution in [3.8, 4) is 0 Å². The van der Waals surface area contributed by atoms with E-state index in [1.54, 1.807) is 4.68 Å². The smallest absolute Gasteiger partial charge is 0.315 e. The lowest BCUT2D eigenvalue weighted by molar-refractivity contribution is 0.0104. The minimum Gasteiger partial charge on any atom is -0.379 e. The van der Waals surface area contributed by atoms with Crippen LogP contribution >= 0.6 is 0 Å². The highest BCUT2D eigenvalue weighted by molar-refractivity contribution is 5.73. The second kappa shape index (κ2) is 6.03. The molecule has 2 fully saturated rings. The van der Waals surface area contributed by atoms with Gasteiger partial charge in [-0.3, -0.25) is 9.58 Å². The van der Waals surface area contributed by atoms with Gasteiger partial charge in [-0.25, -0.2) is 4.79 Å². The molecule has 0 aromatic carbocycles. The van der Waals surface area contributed by atoms with Crippen LogP contribution in [-0.2, 0) is 18.2 Å². The van der Waals surface area contributed by atoms with Gasteiger partial charge >= 0.3 is 6.03 Å². The number of hydrogen-bond donors (Lipinski definition) is 1. The predicted octanol–water partition coefficient (Wildman–Crippen LogP) is -0.184. The second-order valence-corrected chi connectivity index (χ2v) is 5.83. The number of morpholine rings is 1. The van der Waals surface area contributed by atoms with E-state index in [1.807, 2.05) is 24.3 Å². The summed E-state index contributed by atoms with van der Waals surface area (Å²) >= 11 is 0. The summed E-state index contributed by atoms with van der Waals surface area (Å²) in [6.45, 7) is 4.14. The normalized spacial score (nSPS) is 27.2. The van der Waals surface area contributed by atoms with Crippen LogP contribution in [0, 0.1) is 0 Å². The highest BCUT2D eigenvalue weighted by Gasteiger charge is 2.39. The van der Waals surface area contributed by atoms with E-state index in [0.717, 1.165) is 51.3 Å². The van der Waals surface area contributed by atoms with Crippen molar-refractivity contribution < 1.29 is 9.53 Å². The van der Waals surface area contributed by atoms with Crippen molar-refractivity contribution in [3.63, 3.8) is 0 Å². The molecule has 0 spiro atoms. The zero-order chi connectivity index (χ0) is 14.8. The summed E-state index contributed by atoms with van der Waals surface area (Å²) in [5.74, 6) is 0. The van der Waals surface area contributed by atoms with Gasteiger partial charge in [0, 0.05) is 38.9 Å². The molecule has 0 radical (unpaired) electrons. The summed E-state index contributed by atoms with van der Waals surface area (Å²) in [4.78, 5) is 16.0. The maximum Gasteiger partial charge on any atom is 0.315 e. The summed E-state index contributed by atoms with van der Waals surface area (Å²) < 4.78 is 7.22. The topological polar surface area (TPSA) is 76.6 Å². The van der Waals surface area contributed by atoms with Gasteiger partial charge in [-0.15, -0.1) is 0 Å². The second-order valence-electron chi connectivity index (χ2n) is 5.83. The molecule has 2 saturated heterocycles. The lowest BCUT2D eigenvalue weighted by Crippen LogP contribution is -2.52. The molecular formula is C14H23N5O2. The SMILES string of the molecule is Cn1cc(C[C@H]2[C@H](N3CCOCC3)CCN2C(N)=O)cn1. The summed E-state index contributed by atoms with van der Waals surface area (Å²) in [6, 6.07) is 0.172. The number of aryl methyl sites for hydroxylation is 1. The molecule has 3 rings (SSSR count). The van der Waals surface area contributed by atoms with Crippen LogP contribution in [-0.4, -0.2) is 70.5 Å². The van der Waals surface area contributed by atoms with E-state index < -0.39 is 0 Å². The maximum absolute atomic E-state index is 11.7. The highest BCUT2D eigenvalue weighted by atomic mass is 16.5. The molecular weight excluding hydrogens is 270 g/mol. The summed E-state index contributed by atoms with van der Waals surface area (Å²) in [5.41, 5.74) is 6.71. The molecule has 116 valence electrons. The number of amides is 2. The molecule has 0 unspecified atom stereocenters. The van der Waals surface area contributed by atoms with Crippen LogP contribution in [0.4, 0.5) is 4.79 Å². The van der Waals surface area contributed by atoms with Gasteiger partial charge in [0.25, 0.3) is 0 Å². The molecule has 3 heterocycles. The molecule has 1 aromatic rings. The van der Waals surface area contributed by atoms with Gasteiger partial charge in [-0.2, -0.15) is 5.10 Å². The lowest BCUT2D eigenvalue weighted by Gasteiger charge is -2.36.